The highest BCUT2D eigenvalue weighted by Crippen LogP contribution is 2.25. The summed E-state index contributed by atoms with van der Waals surface area (Å²) in [5.41, 5.74) is 3.86. The van der Waals surface area contributed by atoms with E-state index in [-0.39, 0.29) is 0 Å². The molecule has 0 saturated carbocycles. The number of hydrogen-bond acceptors (Lipinski definition) is 2. The van der Waals surface area contributed by atoms with Crippen molar-refractivity contribution in [3.63, 3.8) is 0 Å². The molecule has 1 unspecified atom stereocenters. The number of likely N-dealkylation sites (N-methyl/N-ethyl adjacent to an activating group) is 1. The van der Waals surface area contributed by atoms with Crippen LogP contribution < -0.4 is 5.32 Å². The van der Waals surface area contributed by atoms with E-state index < -0.39 is 0 Å². The van der Waals surface area contributed by atoms with Gasteiger partial charge < -0.3 is 10.2 Å². The molecule has 1 aliphatic carbocycles. The van der Waals surface area contributed by atoms with Gasteiger partial charge in [-0.3, -0.25) is 0 Å². The first-order valence-corrected chi connectivity index (χ1v) is 10.3. The molecule has 0 amide bonds. The van der Waals surface area contributed by atoms with E-state index in [2.05, 4.69) is 62.0 Å². The predicted molar refractivity (Wildman–Crippen MR) is 111 cm³/mol. The lowest BCUT2D eigenvalue weighted by atomic mass is 9.90. The van der Waals surface area contributed by atoms with Crippen LogP contribution >= 0.6 is 0 Å². The summed E-state index contributed by atoms with van der Waals surface area (Å²) in [6.07, 6.45) is 19.4. The largest absolute Gasteiger partial charge is 0.381 e. The van der Waals surface area contributed by atoms with Gasteiger partial charge in [0.05, 0.1) is 0 Å². The summed E-state index contributed by atoms with van der Waals surface area (Å²) >= 11 is 0. The predicted octanol–water partition coefficient (Wildman–Crippen LogP) is 5.60. The van der Waals surface area contributed by atoms with Gasteiger partial charge in [-0.25, -0.2) is 0 Å². The standard InChI is InChI=1S/C23H38N2/c1-5-9-20(10-6-2)17-21-11-7-12-22(15-14-21)19(3)24-23-13-8-16-25(4)18-23/h11-12,14-15,20,23-24H,3,5-10,13,16-18H2,1-2,4H3. The average Bonchev–Trinajstić information content (AvgIpc) is 2.81. The first-order valence-electron chi connectivity index (χ1n) is 10.3. The molecule has 25 heavy (non-hydrogen) atoms. The minimum Gasteiger partial charge on any atom is -0.381 e. The summed E-state index contributed by atoms with van der Waals surface area (Å²) in [6, 6.07) is 0.537. The van der Waals surface area contributed by atoms with E-state index in [4.69, 9.17) is 0 Å². The maximum Gasteiger partial charge on any atom is 0.0388 e. The Kier molecular flexibility index (Phi) is 8.54. The van der Waals surface area contributed by atoms with E-state index in [0.29, 0.717) is 6.04 Å². The van der Waals surface area contributed by atoms with Gasteiger partial charge in [0.2, 0.25) is 0 Å². The van der Waals surface area contributed by atoms with Crippen molar-refractivity contribution in [3.05, 3.63) is 47.7 Å². The lowest BCUT2D eigenvalue weighted by Crippen LogP contribution is -2.43. The zero-order valence-corrected chi connectivity index (χ0v) is 16.7. The topological polar surface area (TPSA) is 15.3 Å². The number of piperidine rings is 1. The molecule has 1 aliphatic heterocycles. The molecular weight excluding hydrogens is 304 g/mol. The molecule has 2 heteroatoms. The Morgan fingerprint density at radius 1 is 1.24 bits per heavy atom. The Labute approximate surface area is 155 Å². The van der Waals surface area contributed by atoms with Gasteiger partial charge in [0.1, 0.15) is 0 Å². The molecule has 1 fully saturated rings. The number of nitrogens with zero attached hydrogens (tertiary/aromatic N) is 1. The minimum atomic E-state index is 0.537. The third kappa shape index (κ3) is 6.86. The summed E-state index contributed by atoms with van der Waals surface area (Å²) in [5.74, 6) is 0.839. The number of rotatable bonds is 9. The van der Waals surface area contributed by atoms with Crippen LogP contribution in [0.4, 0.5) is 0 Å². The Morgan fingerprint density at radius 2 is 2.00 bits per heavy atom. The molecule has 1 N–H and O–H groups in total. The van der Waals surface area contributed by atoms with Crippen LogP contribution in [0.3, 0.4) is 0 Å². The van der Waals surface area contributed by atoms with E-state index in [1.807, 2.05) is 0 Å². The summed E-state index contributed by atoms with van der Waals surface area (Å²) in [5, 5.41) is 3.66. The normalized spacial score (nSPS) is 21.7. The number of allylic oxidation sites excluding steroid dienone is 5. The Hall–Kier alpha value is -1.28. The van der Waals surface area contributed by atoms with Crippen molar-refractivity contribution in [3.8, 4) is 0 Å². The molecule has 0 radical (unpaired) electrons. The molecule has 1 heterocycles. The molecule has 0 bridgehead atoms. The van der Waals surface area contributed by atoms with Crippen molar-refractivity contribution in [2.75, 3.05) is 20.1 Å². The number of nitrogens with one attached hydrogen (secondary N) is 1. The molecule has 1 saturated heterocycles. The van der Waals surface area contributed by atoms with Crippen molar-refractivity contribution >= 4 is 0 Å². The molecular formula is C23H38N2. The van der Waals surface area contributed by atoms with Crippen molar-refractivity contribution < 1.29 is 0 Å². The zero-order chi connectivity index (χ0) is 18.1. The van der Waals surface area contributed by atoms with Crippen LogP contribution in [-0.4, -0.2) is 31.1 Å². The fraction of sp³-hybridized carbons (Fsp3) is 0.652. The van der Waals surface area contributed by atoms with Gasteiger partial charge in [-0.1, -0.05) is 76.0 Å². The lowest BCUT2D eigenvalue weighted by Gasteiger charge is -2.31. The smallest absolute Gasteiger partial charge is 0.0388 e. The van der Waals surface area contributed by atoms with Crippen LogP contribution in [0.15, 0.2) is 47.7 Å². The van der Waals surface area contributed by atoms with E-state index in [0.717, 1.165) is 24.6 Å². The maximum atomic E-state index is 4.31. The molecule has 140 valence electrons. The SMILES string of the molecule is C=C(NC1CCCN(C)C1)C1=CCC=C(CC(CCC)CCC)C=C1. The molecule has 1 atom stereocenters. The van der Waals surface area contributed by atoms with Crippen LogP contribution in [-0.2, 0) is 0 Å². The van der Waals surface area contributed by atoms with Gasteiger partial charge >= 0.3 is 0 Å². The summed E-state index contributed by atoms with van der Waals surface area (Å²) in [7, 11) is 2.21. The highest BCUT2D eigenvalue weighted by molar-refractivity contribution is 5.42. The fourth-order valence-corrected chi connectivity index (χ4v) is 4.16. The van der Waals surface area contributed by atoms with E-state index in [1.165, 1.54) is 62.6 Å². The molecule has 2 rings (SSSR count). The maximum absolute atomic E-state index is 4.31. The Bertz CT molecular complexity index is 506. The van der Waals surface area contributed by atoms with Crippen LogP contribution in [0.1, 0.15) is 65.2 Å². The minimum absolute atomic E-state index is 0.537. The second-order valence-electron chi connectivity index (χ2n) is 7.88. The van der Waals surface area contributed by atoms with Gasteiger partial charge in [0.25, 0.3) is 0 Å². The number of hydrogen-bond donors (Lipinski definition) is 1. The first kappa shape index (κ1) is 20.0. The summed E-state index contributed by atoms with van der Waals surface area (Å²) < 4.78 is 0. The highest BCUT2D eigenvalue weighted by atomic mass is 15.1. The Morgan fingerprint density at radius 3 is 2.68 bits per heavy atom. The molecule has 0 spiro atoms. The van der Waals surface area contributed by atoms with Gasteiger partial charge in [-0.15, -0.1) is 0 Å². The molecule has 0 aromatic carbocycles. The van der Waals surface area contributed by atoms with E-state index >= 15 is 0 Å². The van der Waals surface area contributed by atoms with Gasteiger partial charge in [-0.2, -0.15) is 0 Å². The molecule has 0 aromatic heterocycles. The van der Waals surface area contributed by atoms with Crippen molar-refractivity contribution in [2.24, 2.45) is 5.92 Å². The fourth-order valence-electron chi connectivity index (χ4n) is 4.16. The van der Waals surface area contributed by atoms with Crippen LogP contribution in [0, 0.1) is 5.92 Å². The zero-order valence-electron chi connectivity index (χ0n) is 16.7. The van der Waals surface area contributed by atoms with Crippen LogP contribution in [0.25, 0.3) is 0 Å². The van der Waals surface area contributed by atoms with Crippen LogP contribution in [0.5, 0.6) is 0 Å². The first-order chi connectivity index (χ1) is 12.1. The highest BCUT2D eigenvalue weighted by Gasteiger charge is 2.18. The second kappa shape index (κ2) is 10.7. The summed E-state index contributed by atoms with van der Waals surface area (Å²) in [6.45, 7) is 11.3. The van der Waals surface area contributed by atoms with Crippen molar-refractivity contribution in [1.82, 2.24) is 10.2 Å². The van der Waals surface area contributed by atoms with Crippen LogP contribution in [0.2, 0.25) is 0 Å². The molecule has 0 aromatic rings. The third-order valence-corrected chi connectivity index (χ3v) is 5.46. The van der Waals surface area contributed by atoms with Gasteiger partial charge in [0, 0.05) is 18.3 Å². The quantitative estimate of drug-likeness (QED) is 0.586. The number of likely N-dealkylation sites (tertiary alicyclic amines) is 1. The van der Waals surface area contributed by atoms with Crippen molar-refractivity contribution in [2.45, 2.75) is 71.3 Å². The van der Waals surface area contributed by atoms with Crippen molar-refractivity contribution in [1.29, 1.82) is 0 Å². The molecule has 2 nitrogen and oxygen atoms in total. The average molecular weight is 343 g/mol. The molecule has 2 aliphatic rings. The summed E-state index contributed by atoms with van der Waals surface area (Å²) in [4.78, 5) is 2.41. The van der Waals surface area contributed by atoms with E-state index in [9.17, 15) is 0 Å². The van der Waals surface area contributed by atoms with Gasteiger partial charge in [0.15, 0.2) is 0 Å². The second-order valence-corrected chi connectivity index (χ2v) is 7.88. The monoisotopic (exact) mass is 342 g/mol. The van der Waals surface area contributed by atoms with Gasteiger partial charge in [-0.05, 0) is 50.8 Å². The van der Waals surface area contributed by atoms with E-state index in [1.54, 1.807) is 0 Å². The Balaban J connectivity index is 1.88. The lowest BCUT2D eigenvalue weighted by molar-refractivity contribution is 0.235. The third-order valence-electron chi connectivity index (χ3n) is 5.46.